The third kappa shape index (κ3) is 3.46. The molecule has 0 spiro atoms. The fourth-order valence-corrected chi connectivity index (χ4v) is 3.37. The Labute approximate surface area is 120 Å². The van der Waals surface area contributed by atoms with Crippen LogP contribution < -0.4 is 10.6 Å². The molecule has 3 N–H and O–H groups in total. The monoisotopic (exact) mass is 321 g/mol. The van der Waals surface area contributed by atoms with E-state index in [1.807, 2.05) is 0 Å². The first-order valence-corrected chi connectivity index (χ1v) is 7.93. The zero-order valence-electron chi connectivity index (χ0n) is 10.9. The van der Waals surface area contributed by atoms with Crippen molar-refractivity contribution >= 4 is 21.4 Å². The van der Waals surface area contributed by atoms with Crippen LogP contribution in [-0.2, 0) is 16.0 Å². The lowest BCUT2D eigenvalue weighted by molar-refractivity contribution is -0.137. The summed E-state index contributed by atoms with van der Waals surface area (Å²) in [5, 5.41) is 7.21. The van der Waals surface area contributed by atoms with Gasteiger partial charge >= 0.3 is 6.18 Å². The Morgan fingerprint density at radius 1 is 1.24 bits per heavy atom. The summed E-state index contributed by atoms with van der Waals surface area (Å²) >= 11 is 0. The summed E-state index contributed by atoms with van der Waals surface area (Å²) in [5.74, 6) is -0.818. The van der Waals surface area contributed by atoms with Crippen LogP contribution in [0.4, 0.5) is 18.9 Å². The van der Waals surface area contributed by atoms with Crippen LogP contribution in [0, 0.1) is 5.41 Å². The lowest BCUT2D eigenvalue weighted by atomic mass is 10.0. The number of anilines is 1. The quantitative estimate of drug-likeness (QED) is 0.633. The molecule has 1 aromatic rings. The minimum Gasteiger partial charge on any atom is -0.384 e. The van der Waals surface area contributed by atoms with Crippen molar-refractivity contribution < 1.29 is 21.6 Å². The van der Waals surface area contributed by atoms with E-state index in [1.165, 1.54) is 6.07 Å². The van der Waals surface area contributed by atoms with E-state index in [9.17, 15) is 21.6 Å². The normalized spacial score (nSPS) is 18.5. The van der Waals surface area contributed by atoms with Crippen molar-refractivity contribution in [1.82, 2.24) is 0 Å². The van der Waals surface area contributed by atoms with Crippen LogP contribution in [0.15, 0.2) is 18.2 Å². The minimum atomic E-state index is -4.63. The standard InChI is InChI=1S/C12H14F3N3O2S/c13-12(14,15)10-7-8(1-2-9(10)11(16)17)18-3-5-21(19,20)6-4-18/h1-2,7H,3-6H2,(H3,16,17). The van der Waals surface area contributed by atoms with Gasteiger partial charge in [0.05, 0.1) is 17.1 Å². The molecule has 1 aromatic carbocycles. The average molecular weight is 321 g/mol. The Balaban J connectivity index is 2.37. The predicted octanol–water partition coefficient (Wildman–Crippen LogP) is 1.22. The summed E-state index contributed by atoms with van der Waals surface area (Å²) in [7, 11) is -3.10. The zero-order chi connectivity index (χ0) is 15.8. The Kier molecular flexibility index (Phi) is 3.87. The third-order valence-electron chi connectivity index (χ3n) is 3.31. The highest BCUT2D eigenvalue weighted by molar-refractivity contribution is 7.91. The van der Waals surface area contributed by atoms with Crippen LogP contribution >= 0.6 is 0 Å². The number of hydrogen-bond acceptors (Lipinski definition) is 4. The molecular weight excluding hydrogens is 307 g/mol. The van der Waals surface area contributed by atoms with Gasteiger partial charge < -0.3 is 10.6 Å². The van der Waals surface area contributed by atoms with Crippen molar-refractivity contribution in [2.24, 2.45) is 5.73 Å². The number of nitrogen functional groups attached to an aromatic ring is 1. The SMILES string of the molecule is N=C(N)c1ccc(N2CCS(=O)(=O)CC2)cc1C(F)(F)F. The summed E-state index contributed by atoms with van der Waals surface area (Å²) in [6.07, 6.45) is -4.63. The van der Waals surface area contributed by atoms with Gasteiger partial charge in [0.1, 0.15) is 5.84 Å². The van der Waals surface area contributed by atoms with Crippen LogP contribution in [0.1, 0.15) is 11.1 Å². The van der Waals surface area contributed by atoms with Crippen molar-refractivity contribution in [3.8, 4) is 0 Å². The van der Waals surface area contributed by atoms with Gasteiger partial charge in [-0.15, -0.1) is 0 Å². The highest BCUT2D eigenvalue weighted by atomic mass is 32.2. The molecule has 0 aliphatic carbocycles. The smallest absolute Gasteiger partial charge is 0.384 e. The third-order valence-corrected chi connectivity index (χ3v) is 4.92. The van der Waals surface area contributed by atoms with Crippen molar-refractivity contribution in [2.75, 3.05) is 29.5 Å². The molecule has 9 heteroatoms. The number of halogens is 3. The molecule has 1 heterocycles. The molecular formula is C12H14F3N3O2S. The van der Waals surface area contributed by atoms with Gasteiger partial charge in [-0.3, -0.25) is 5.41 Å². The first kappa shape index (κ1) is 15.6. The van der Waals surface area contributed by atoms with Gasteiger partial charge in [0.25, 0.3) is 0 Å². The topological polar surface area (TPSA) is 87.2 Å². The average Bonchev–Trinajstić information content (AvgIpc) is 2.37. The van der Waals surface area contributed by atoms with Crippen molar-refractivity contribution in [1.29, 1.82) is 5.41 Å². The van der Waals surface area contributed by atoms with Crippen molar-refractivity contribution in [3.05, 3.63) is 29.3 Å². The van der Waals surface area contributed by atoms with E-state index in [1.54, 1.807) is 4.90 Å². The van der Waals surface area contributed by atoms with E-state index < -0.39 is 27.4 Å². The lowest BCUT2D eigenvalue weighted by Gasteiger charge is -2.29. The Morgan fingerprint density at radius 2 is 1.81 bits per heavy atom. The van der Waals surface area contributed by atoms with Gasteiger partial charge in [-0.25, -0.2) is 8.42 Å². The number of nitrogens with two attached hydrogens (primary N) is 1. The molecule has 2 rings (SSSR count). The van der Waals surface area contributed by atoms with Crippen LogP contribution in [-0.4, -0.2) is 38.8 Å². The molecule has 0 radical (unpaired) electrons. The molecule has 1 aliphatic rings. The molecule has 0 atom stereocenters. The van der Waals surface area contributed by atoms with E-state index in [0.717, 1.165) is 12.1 Å². The number of alkyl halides is 3. The summed E-state index contributed by atoms with van der Waals surface area (Å²) in [4.78, 5) is 1.58. The zero-order valence-corrected chi connectivity index (χ0v) is 11.8. The molecule has 21 heavy (non-hydrogen) atoms. The lowest BCUT2D eigenvalue weighted by Crippen LogP contribution is -2.40. The second kappa shape index (κ2) is 5.21. The number of nitrogens with one attached hydrogen (secondary N) is 1. The molecule has 0 saturated carbocycles. The first-order chi connectivity index (χ1) is 9.60. The number of hydrogen-bond donors (Lipinski definition) is 2. The summed E-state index contributed by atoms with van der Waals surface area (Å²) in [6, 6.07) is 3.47. The van der Waals surface area contributed by atoms with Gasteiger partial charge in [0, 0.05) is 24.3 Å². The Hall–Kier alpha value is -1.77. The molecule has 1 fully saturated rings. The second-order valence-corrected chi connectivity index (χ2v) is 7.08. The van der Waals surface area contributed by atoms with Crippen LogP contribution in [0.25, 0.3) is 0 Å². The number of benzene rings is 1. The second-order valence-electron chi connectivity index (χ2n) is 4.78. The Morgan fingerprint density at radius 3 is 2.29 bits per heavy atom. The largest absolute Gasteiger partial charge is 0.417 e. The highest BCUT2D eigenvalue weighted by Crippen LogP contribution is 2.34. The molecule has 0 aromatic heterocycles. The van der Waals surface area contributed by atoms with Gasteiger partial charge in [0.2, 0.25) is 0 Å². The molecule has 0 unspecified atom stereocenters. The summed E-state index contributed by atoms with van der Waals surface area (Å²) in [5.41, 5.74) is 4.08. The maximum Gasteiger partial charge on any atom is 0.417 e. The van der Waals surface area contributed by atoms with Gasteiger partial charge in [0.15, 0.2) is 9.84 Å². The van der Waals surface area contributed by atoms with Crippen molar-refractivity contribution in [3.63, 3.8) is 0 Å². The number of amidine groups is 1. The number of rotatable bonds is 2. The maximum absolute atomic E-state index is 13.0. The van der Waals surface area contributed by atoms with Crippen LogP contribution in [0.5, 0.6) is 0 Å². The number of sulfone groups is 1. The number of nitrogens with zero attached hydrogens (tertiary/aromatic N) is 1. The fourth-order valence-electron chi connectivity index (χ4n) is 2.17. The molecule has 1 saturated heterocycles. The van der Waals surface area contributed by atoms with Crippen molar-refractivity contribution in [2.45, 2.75) is 6.18 Å². The molecule has 0 amide bonds. The van der Waals surface area contributed by atoms with E-state index >= 15 is 0 Å². The molecule has 5 nitrogen and oxygen atoms in total. The van der Waals surface area contributed by atoms with E-state index in [2.05, 4.69) is 0 Å². The van der Waals surface area contributed by atoms with E-state index in [4.69, 9.17) is 11.1 Å². The highest BCUT2D eigenvalue weighted by Gasteiger charge is 2.35. The fraction of sp³-hybridized carbons (Fsp3) is 0.417. The van der Waals surface area contributed by atoms with Gasteiger partial charge in [-0.05, 0) is 18.2 Å². The minimum absolute atomic E-state index is 0.0805. The first-order valence-electron chi connectivity index (χ1n) is 6.11. The summed E-state index contributed by atoms with van der Waals surface area (Å²) in [6.45, 7) is 0.304. The Bertz CT molecular complexity index is 657. The predicted molar refractivity (Wildman–Crippen MR) is 73.3 cm³/mol. The molecule has 1 aliphatic heterocycles. The summed E-state index contributed by atoms with van der Waals surface area (Å²) < 4.78 is 61.7. The van der Waals surface area contributed by atoms with Crippen LogP contribution in [0.2, 0.25) is 0 Å². The molecule has 116 valence electrons. The molecule has 0 bridgehead atoms. The van der Waals surface area contributed by atoms with Crippen LogP contribution in [0.3, 0.4) is 0 Å². The van der Waals surface area contributed by atoms with E-state index in [0.29, 0.717) is 0 Å². The van der Waals surface area contributed by atoms with E-state index in [-0.39, 0.29) is 35.8 Å². The maximum atomic E-state index is 13.0. The van der Waals surface area contributed by atoms with Gasteiger partial charge in [-0.1, -0.05) is 0 Å². The van der Waals surface area contributed by atoms with Gasteiger partial charge in [-0.2, -0.15) is 13.2 Å².